The Kier molecular flexibility index (Phi) is 5.33. The van der Waals surface area contributed by atoms with Crippen LogP contribution in [0.25, 0.3) is 0 Å². The molecule has 1 aliphatic rings. The Balaban J connectivity index is 1.86. The van der Waals surface area contributed by atoms with Crippen molar-refractivity contribution in [2.75, 3.05) is 6.54 Å². The number of nitrogens with one attached hydrogen (secondary N) is 2. The summed E-state index contributed by atoms with van der Waals surface area (Å²) in [6.07, 6.45) is 1.52. The number of carbonyl (C=O) groups is 2. The third-order valence-electron chi connectivity index (χ3n) is 4.00. The lowest BCUT2D eigenvalue weighted by Crippen LogP contribution is -2.48. The first-order valence-corrected chi connectivity index (χ1v) is 7.39. The van der Waals surface area contributed by atoms with E-state index in [1.807, 2.05) is 19.1 Å². The Morgan fingerprint density at radius 1 is 1.38 bits per heavy atom. The number of amides is 1. The van der Waals surface area contributed by atoms with E-state index in [2.05, 4.69) is 22.8 Å². The fraction of sp³-hybridized carbons (Fsp3) is 0.500. The highest BCUT2D eigenvalue weighted by molar-refractivity contribution is 5.82. The number of carboxylic acids is 1. The van der Waals surface area contributed by atoms with Crippen LogP contribution in [0.5, 0.6) is 0 Å². The van der Waals surface area contributed by atoms with Crippen molar-refractivity contribution in [1.29, 1.82) is 0 Å². The smallest absolute Gasteiger partial charge is 0.303 e. The lowest BCUT2D eigenvalue weighted by atomic mass is 9.95. The van der Waals surface area contributed by atoms with Gasteiger partial charge >= 0.3 is 5.97 Å². The number of rotatable bonds is 6. The number of carboxylic acid groups (broad SMARTS) is 1. The Bertz CT molecular complexity index is 516. The number of aliphatic carboxylic acids is 1. The molecule has 2 atom stereocenters. The molecule has 1 aliphatic heterocycles. The highest BCUT2D eigenvalue weighted by atomic mass is 16.4. The summed E-state index contributed by atoms with van der Waals surface area (Å²) in [5, 5.41) is 14.9. The summed E-state index contributed by atoms with van der Waals surface area (Å²) >= 11 is 0. The lowest BCUT2D eigenvalue weighted by Gasteiger charge is -2.26. The van der Waals surface area contributed by atoms with Crippen LogP contribution >= 0.6 is 0 Å². The van der Waals surface area contributed by atoms with Crippen LogP contribution in [0.4, 0.5) is 0 Å². The molecule has 0 aromatic heterocycles. The third kappa shape index (κ3) is 4.29. The summed E-state index contributed by atoms with van der Waals surface area (Å²) < 4.78 is 0. The summed E-state index contributed by atoms with van der Waals surface area (Å²) in [5.74, 6) is -0.878. The number of hydrogen-bond acceptors (Lipinski definition) is 3. The van der Waals surface area contributed by atoms with E-state index in [-0.39, 0.29) is 24.3 Å². The molecule has 1 aromatic carbocycles. The Hall–Kier alpha value is -1.88. The van der Waals surface area contributed by atoms with Crippen LogP contribution < -0.4 is 10.6 Å². The second-order valence-corrected chi connectivity index (χ2v) is 5.52. The molecule has 21 heavy (non-hydrogen) atoms. The zero-order valence-electron chi connectivity index (χ0n) is 12.3. The van der Waals surface area contributed by atoms with Crippen LogP contribution in [0.3, 0.4) is 0 Å². The van der Waals surface area contributed by atoms with Crippen LogP contribution in [-0.2, 0) is 22.6 Å². The minimum Gasteiger partial charge on any atom is -0.481 e. The van der Waals surface area contributed by atoms with Gasteiger partial charge in [-0.25, -0.2) is 0 Å². The molecule has 5 nitrogen and oxygen atoms in total. The molecule has 1 unspecified atom stereocenters. The van der Waals surface area contributed by atoms with Gasteiger partial charge in [-0.15, -0.1) is 0 Å². The highest BCUT2D eigenvalue weighted by Crippen LogP contribution is 2.16. The van der Waals surface area contributed by atoms with Gasteiger partial charge in [0, 0.05) is 19.5 Å². The average Bonchev–Trinajstić information content (AvgIpc) is 2.50. The first kappa shape index (κ1) is 15.5. The second kappa shape index (κ2) is 7.22. The lowest BCUT2D eigenvalue weighted by molar-refractivity contribution is -0.138. The monoisotopic (exact) mass is 290 g/mol. The SMILES string of the molecule is CCC(CNC(=O)[C@@H]1Cc2ccccc2CN1)CC(=O)O. The van der Waals surface area contributed by atoms with E-state index in [4.69, 9.17) is 5.11 Å². The van der Waals surface area contributed by atoms with Gasteiger partial charge in [0.1, 0.15) is 0 Å². The van der Waals surface area contributed by atoms with Crippen molar-refractivity contribution in [2.24, 2.45) is 5.92 Å². The van der Waals surface area contributed by atoms with Gasteiger partial charge in [0.05, 0.1) is 6.04 Å². The summed E-state index contributed by atoms with van der Waals surface area (Å²) in [5.41, 5.74) is 2.44. The maximum atomic E-state index is 12.2. The van der Waals surface area contributed by atoms with Gasteiger partial charge in [-0.2, -0.15) is 0 Å². The molecule has 1 aromatic rings. The Morgan fingerprint density at radius 3 is 2.76 bits per heavy atom. The summed E-state index contributed by atoms with van der Waals surface area (Å²) in [6.45, 7) is 3.05. The molecule has 3 N–H and O–H groups in total. The third-order valence-corrected chi connectivity index (χ3v) is 4.00. The van der Waals surface area contributed by atoms with Gasteiger partial charge in [0.25, 0.3) is 0 Å². The van der Waals surface area contributed by atoms with Crippen LogP contribution in [0.1, 0.15) is 30.9 Å². The van der Waals surface area contributed by atoms with Crippen molar-refractivity contribution in [3.63, 3.8) is 0 Å². The number of benzene rings is 1. The van der Waals surface area contributed by atoms with Crippen LogP contribution in [0.15, 0.2) is 24.3 Å². The fourth-order valence-corrected chi connectivity index (χ4v) is 2.62. The van der Waals surface area contributed by atoms with Gasteiger partial charge in [0.15, 0.2) is 0 Å². The maximum Gasteiger partial charge on any atom is 0.303 e. The van der Waals surface area contributed by atoms with Crippen LogP contribution in [0, 0.1) is 5.92 Å². The van der Waals surface area contributed by atoms with Crippen molar-refractivity contribution in [2.45, 2.75) is 38.8 Å². The molecule has 114 valence electrons. The molecule has 0 spiro atoms. The van der Waals surface area contributed by atoms with Gasteiger partial charge in [-0.05, 0) is 23.5 Å². The van der Waals surface area contributed by atoms with E-state index in [0.717, 1.165) is 6.42 Å². The van der Waals surface area contributed by atoms with E-state index in [9.17, 15) is 9.59 Å². The predicted octanol–water partition coefficient (Wildman–Crippen LogP) is 1.32. The predicted molar refractivity (Wildman–Crippen MR) is 79.8 cm³/mol. The van der Waals surface area contributed by atoms with E-state index in [1.54, 1.807) is 0 Å². The maximum absolute atomic E-state index is 12.2. The van der Waals surface area contributed by atoms with Crippen molar-refractivity contribution < 1.29 is 14.7 Å². The van der Waals surface area contributed by atoms with E-state index < -0.39 is 5.97 Å². The molecule has 1 amide bonds. The first-order chi connectivity index (χ1) is 10.1. The summed E-state index contributed by atoms with van der Waals surface area (Å²) in [4.78, 5) is 22.9. The first-order valence-electron chi connectivity index (χ1n) is 7.39. The molecule has 0 fully saturated rings. The molecule has 0 radical (unpaired) electrons. The zero-order chi connectivity index (χ0) is 15.2. The van der Waals surface area contributed by atoms with Gasteiger partial charge in [-0.1, -0.05) is 37.6 Å². The molecule has 5 heteroatoms. The highest BCUT2D eigenvalue weighted by Gasteiger charge is 2.24. The molecule has 0 saturated heterocycles. The van der Waals surface area contributed by atoms with Gasteiger partial charge in [-0.3, -0.25) is 9.59 Å². The van der Waals surface area contributed by atoms with Crippen molar-refractivity contribution in [3.05, 3.63) is 35.4 Å². The minimum absolute atomic E-state index is 0.0117. The number of hydrogen-bond donors (Lipinski definition) is 3. The average molecular weight is 290 g/mol. The largest absolute Gasteiger partial charge is 0.481 e. The molecular formula is C16H22N2O3. The van der Waals surface area contributed by atoms with Crippen LogP contribution in [-0.4, -0.2) is 29.6 Å². The molecule has 1 heterocycles. The topological polar surface area (TPSA) is 78.4 Å². The number of fused-ring (bicyclic) bond motifs is 1. The van der Waals surface area contributed by atoms with E-state index >= 15 is 0 Å². The zero-order valence-corrected chi connectivity index (χ0v) is 12.3. The van der Waals surface area contributed by atoms with Crippen molar-refractivity contribution >= 4 is 11.9 Å². The summed E-state index contributed by atoms with van der Waals surface area (Å²) in [7, 11) is 0. The van der Waals surface area contributed by atoms with Crippen molar-refractivity contribution in [3.8, 4) is 0 Å². The Morgan fingerprint density at radius 2 is 2.10 bits per heavy atom. The molecular weight excluding hydrogens is 268 g/mol. The standard InChI is InChI=1S/C16H22N2O3/c1-2-11(7-15(19)20)9-18-16(21)14-8-12-5-3-4-6-13(12)10-17-14/h3-6,11,14,17H,2,7-10H2,1H3,(H,18,21)(H,19,20)/t11?,14-/m0/s1. The second-order valence-electron chi connectivity index (χ2n) is 5.52. The molecule has 0 saturated carbocycles. The normalized spacial score (nSPS) is 18.6. The molecule has 0 aliphatic carbocycles. The van der Waals surface area contributed by atoms with Crippen molar-refractivity contribution in [1.82, 2.24) is 10.6 Å². The summed E-state index contributed by atoms with van der Waals surface area (Å²) in [6, 6.07) is 7.87. The minimum atomic E-state index is -0.819. The number of carbonyl (C=O) groups excluding carboxylic acids is 1. The quantitative estimate of drug-likeness (QED) is 0.738. The van der Waals surface area contributed by atoms with E-state index in [1.165, 1.54) is 11.1 Å². The van der Waals surface area contributed by atoms with Gasteiger partial charge < -0.3 is 15.7 Å². The van der Waals surface area contributed by atoms with E-state index in [0.29, 0.717) is 19.5 Å². The fourth-order valence-electron chi connectivity index (χ4n) is 2.62. The molecule has 0 bridgehead atoms. The Labute approximate surface area is 124 Å². The van der Waals surface area contributed by atoms with Gasteiger partial charge in [0.2, 0.25) is 5.91 Å². The molecule has 2 rings (SSSR count). The van der Waals surface area contributed by atoms with Crippen LogP contribution in [0.2, 0.25) is 0 Å².